The zero-order valence-corrected chi connectivity index (χ0v) is 13.8. The number of carbonyl (C=O) groups excluding carboxylic acids is 3. The lowest BCUT2D eigenvalue weighted by Crippen LogP contribution is -2.52. The van der Waals surface area contributed by atoms with Gasteiger partial charge in [0.15, 0.2) is 0 Å². The molecule has 0 radical (unpaired) electrons. The number of hydrogen-bond donors (Lipinski definition) is 2. The van der Waals surface area contributed by atoms with Crippen LogP contribution in [-0.4, -0.2) is 60.1 Å². The van der Waals surface area contributed by atoms with Gasteiger partial charge in [-0.1, -0.05) is 0 Å². The number of fused-ring (bicyclic) bond motifs is 2. The predicted octanol–water partition coefficient (Wildman–Crippen LogP) is -0.363. The zero-order chi connectivity index (χ0) is 17.7. The first-order valence-electron chi connectivity index (χ1n) is 8.27. The van der Waals surface area contributed by atoms with Gasteiger partial charge in [-0.2, -0.15) is 0 Å². The van der Waals surface area contributed by atoms with Crippen molar-refractivity contribution in [3.8, 4) is 5.75 Å². The van der Waals surface area contributed by atoms with Crippen LogP contribution in [0.3, 0.4) is 0 Å². The molecular formula is C17H19N3O5. The molecule has 0 bridgehead atoms. The minimum Gasteiger partial charge on any atom is -0.489 e. The Morgan fingerprint density at radius 1 is 1.32 bits per heavy atom. The number of rotatable bonds is 2. The number of piperidine rings is 1. The number of nitrogens with zero attached hydrogens (tertiary/aromatic N) is 2. The first-order chi connectivity index (χ1) is 12.0. The van der Waals surface area contributed by atoms with Gasteiger partial charge in [-0.3, -0.25) is 19.7 Å². The van der Waals surface area contributed by atoms with Crippen LogP contribution in [0, 0.1) is 0 Å². The Morgan fingerprint density at radius 3 is 2.84 bits per heavy atom. The first-order valence-corrected chi connectivity index (χ1v) is 8.27. The standard InChI is InChI=1S/C17H19N3O5/c1-19-10(7-21)8-25-14-4-9-6-20(17(24)11(9)5-13(14)19)12-2-3-15(22)18-16(12)23/h4-5,10,12,21H,2-3,6-8H2,1H3,(H,18,22,23)/t10-,12-/m0/s1. The highest BCUT2D eigenvalue weighted by atomic mass is 16.5. The van der Waals surface area contributed by atoms with Gasteiger partial charge in [0.2, 0.25) is 11.8 Å². The van der Waals surface area contributed by atoms with E-state index in [0.29, 0.717) is 30.9 Å². The van der Waals surface area contributed by atoms with E-state index in [-0.39, 0.29) is 30.9 Å². The Hall–Kier alpha value is -2.61. The van der Waals surface area contributed by atoms with Crippen LogP contribution in [0.2, 0.25) is 0 Å². The Bertz CT molecular complexity index is 778. The molecular weight excluding hydrogens is 326 g/mol. The summed E-state index contributed by atoms with van der Waals surface area (Å²) in [5.41, 5.74) is 2.10. The van der Waals surface area contributed by atoms with E-state index in [1.54, 1.807) is 6.07 Å². The summed E-state index contributed by atoms with van der Waals surface area (Å²) in [5, 5.41) is 11.7. The maximum atomic E-state index is 12.8. The van der Waals surface area contributed by atoms with Gasteiger partial charge < -0.3 is 19.6 Å². The van der Waals surface area contributed by atoms with Crippen LogP contribution in [-0.2, 0) is 16.1 Å². The monoisotopic (exact) mass is 345 g/mol. The van der Waals surface area contributed by atoms with Gasteiger partial charge in [0.1, 0.15) is 18.4 Å². The SMILES string of the molecule is CN1c2cc3c(cc2OC[C@@H]1CO)CN([C@H]1CCC(=O)NC1=O)C3=O. The summed E-state index contributed by atoms with van der Waals surface area (Å²) in [6, 6.07) is 2.81. The second kappa shape index (κ2) is 5.73. The van der Waals surface area contributed by atoms with Crippen LogP contribution < -0.4 is 15.0 Å². The number of aliphatic hydroxyl groups is 1. The molecule has 2 N–H and O–H groups in total. The summed E-state index contributed by atoms with van der Waals surface area (Å²) in [6.45, 7) is 0.664. The number of carbonyl (C=O) groups is 3. The van der Waals surface area contributed by atoms with Gasteiger partial charge in [0.05, 0.1) is 18.3 Å². The Morgan fingerprint density at radius 2 is 2.12 bits per heavy atom. The van der Waals surface area contributed by atoms with Crippen molar-refractivity contribution >= 4 is 23.4 Å². The molecule has 0 aromatic heterocycles. The van der Waals surface area contributed by atoms with Crippen molar-refractivity contribution in [1.29, 1.82) is 0 Å². The molecule has 3 aliphatic heterocycles. The zero-order valence-electron chi connectivity index (χ0n) is 13.8. The van der Waals surface area contributed by atoms with Crippen molar-refractivity contribution in [3.63, 3.8) is 0 Å². The minimum atomic E-state index is -0.626. The third kappa shape index (κ3) is 2.44. The Labute approximate surface area is 144 Å². The molecule has 25 heavy (non-hydrogen) atoms. The number of amides is 3. The lowest BCUT2D eigenvalue weighted by molar-refractivity contribution is -0.136. The van der Waals surface area contributed by atoms with Crippen molar-refractivity contribution < 1.29 is 24.2 Å². The van der Waals surface area contributed by atoms with Crippen molar-refractivity contribution in [3.05, 3.63) is 23.3 Å². The van der Waals surface area contributed by atoms with E-state index >= 15 is 0 Å². The van der Waals surface area contributed by atoms with Gasteiger partial charge in [-0.15, -0.1) is 0 Å². The van der Waals surface area contributed by atoms with Gasteiger partial charge in [0, 0.05) is 25.6 Å². The van der Waals surface area contributed by atoms with Crippen LogP contribution in [0.5, 0.6) is 5.75 Å². The van der Waals surface area contributed by atoms with E-state index < -0.39 is 11.9 Å². The van der Waals surface area contributed by atoms with Crippen LogP contribution in [0.4, 0.5) is 5.69 Å². The van der Waals surface area contributed by atoms with Gasteiger partial charge in [-0.05, 0) is 24.1 Å². The highest BCUT2D eigenvalue weighted by molar-refractivity contribution is 6.06. The van der Waals surface area contributed by atoms with Crippen LogP contribution in [0.15, 0.2) is 12.1 Å². The summed E-state index contributed by atoms with van der Waals surface area (Å²) in [7, 11) is 1.85. The van der Waals surface area contributed by atoms with E-state index in [0.717, 1.165) is 11.3 Å². The number of likely N-dealkylation sites (N-methyl/N-ethyl adjacent to an activating group) is 1. The quantitative estimate of drug-likeness (QED) is 0.710. The molecule has 1 aromatic rings. The number of anilines is 1. The van der Waals surface area contributed by atoms with Crippen molar-refractivity contribution in [2.75, 3.05) is 25.2 Å². The molecule has 8 heteroatoms. The predicted molar refractivity (Wildman–Crippen MR) is 87.3 cm³/mol. The average Bonchev–Trinajstić information content (AvgIpc) is 2.90. The first kappa shape index (κ1) is 15.9. The minimum absolute atomic E-state index is 0.0383. The fourth-order valence-corrected chi connectivity index (χ4v) is 3.64. The number of benzene rings is 1. The molecule has 1 fully saturated rings. The molecule has 4 rings (SSSR count). The van der Waals surface area contributed by atoms with E-state index in [9.17, 15) is 19.5 Å². The smallest absolute Gasteiger partial charge is 0.255 e. The lowest BCUT2D eigenvalue weighted by Gasteiger charge is -2.35. The molecule has 1 aromatic carbocycles. The van der Waals surface area contributed by atoms with Crippen LogP contribution >= 0.6 is 0 Å². The van der Waals surface area contributed by atoms with Gasteiger partial charge >= 0.3 is 0 Å². The number of imide groups is 1. The maximum absolute atomic E-state index is 12.8. The van der Waals surface area contributed by atoms with E-state index in [1.807, 2.05) is 18.0 Å². The summed E-state index contributed by atoms with van der Waals surface area (Å²) < 4.78 is 5.72. The highest BCUT2D eigenvalue weighted by Gasteiger charge is 2.40. The van der Waals surface area contributed by atoms with Gasteiger partial charge in [0.25, 0.3) is 5.91 Å². The summed E-state index contributed by atoms with van der Waals surface area (Å²) in [4.78, 5) is 39.7. The molecule has 3 aliphatic rings. The maximum Gasteiger partial charge on any atom is 0.255 e. The molecule has 8 nitrogen and oxygen atoms in total. The largest absolute Gasteiger partial charge is 0.489 e. The summed E-state index contributed by atoms with van der Waals surface area (Å²) >= 11 is 0. The van der Waals surface area contributed by atoms with Crippen molar-refractivity contribution in [2.24, 2.45) is 0 Å². The number of hydrogen-bond acceptors (Lipinski definition) is 6. The molecule has 132 valence electrons. The van der Waals surface area contributed by atoms with Crippen molar-refractivity contribution in [1.82, 2.24) is 10.2 Å². The third-order valence-electron chi connectivity index (χ3n) is 5.17. The Kier molecular flexibility index (Phi) is 3.64. The van der Waals surface area contributed by atoms with E-state index in [4.69, 9.17) is 4.74 Å². The lowest BCUT2D eigenvalue weighted by atomic mass is 10.0. The topological polar surface area (TPSA) is 99.2 Å². The molecule has 1 saturated heterocycles. The molecule has 3 heterocycles. The molecule has 0 aliphatic carbocycles. The molecule has 0 unspecified atom stereocenters. The highest BCUT2D eigenvalue weighted by Crippen LogP contribution is 2.39. The second-order valence-electron chi connectivity index (χ2n) is 6.64. The molecule has 3 amide bonds. The number of ether oxygens (including phenoxy) is 1. The molecule has 0 spiro atoms. The molecule has 0 saturated carbocycles. The van der Waals surface area contributed by atoms with Crippen LogP contribution in [0.1, 0.15) is 28.8 Å². The average molecular weight is 345 g/mol. The normalized spacial score (nSPS) is 25.4. The van der Waals surface area contributed by atoms with Gasteiger partial charge in [-0.25, -0.2) is 0 Å². The van der Waals surface area contributed by atoms with Crippen molar-refractivity contribution in [2.45, 2.75) is 31.5 Å². The Balaban J connectivity index is 1.64. The van der Waals surface area contributed by atoms with E-state index in [1.165, 1.54) is 4.90 Å². The second-order valence-corrected chi connectivity index (χ2v) is 6.64. The number of nitrogens with one attached hydrogen (secondary N) is 1. The fraction of sp³-hybridized carbons (Fsp3) is 0.471. The third-order valence-corrected chi connectivity index (χ3v) is 5.17. The number of aliphatic hydroxyl groups excluding tert-OH is 1. The molecule has 2 atom stereocenters. The summed E-state index contributed by atoms with van der Waals surface area (Å²) in [5.74, 6) is -0.266. The summed E-state index contributed by atoms with van der Waals surface area (Å²) in [6.07, 6.45) is 0.574. The van der Waals surface area contributed by atoms with E-state index in [2.05, 4.69) is 5.32 Å². The van der Waals surface area contributed by atoms with Crippen LogP contribution in [0.25, 0.3) is 0 Å². The fourth-order valence-electron chi connectivity index (χ4n) is 3.64.